The number of aryl methyl sites for hydroxylation is 1. The molecule has 1 aliphatic rings. The van der Waals surface area contributed by atoms with E-state index in [1.54, 1.807) is 4.68 Å². The number of H-pyrrole nitrogens is 1. The maximum absolute atomic E-state index is 5.47. The van der Waals surface area contributed by atoms with Crippen molar-refractivity contribution in [3.63, 3.8) is 0 Å². The first-order valence-corrected chi connectivity index (χ1v) is 4.82. The fourth-order valence-electron chi connectivity index (χ4n) is 1.61. The Morgan fingerprint density at radius 3 is 2.92 bits per heavy atom. The van der Waals surface area contributed by atoms with Crippen molar-refractivity contribution in [3.05, 3.63) is 10.6 Å². The van der Waals surface area contributed by atoms with Gasteiger partial charge in [0.05, 0.1) is 12.7 Å². The largest absolute Gasteiger partial charge is 0.378 e. The van der Waals surface area contributed by atoms with Crippen LogP contribution in [0.2, 0.25) is 0 Å². The molecule has 1 fully saturated rings. The summed E-state index contributed by atoms with van der Waals surface area (Å²) in [6.45, 7) is 2.83. The third-order valence-corrected chi connectivity index (χ3v) is 2.74. The van der Waals surface area contributed by atoms with Gasteiger partial charge in [-0.2, -0.15) is 0 Å². The van der Waals surface area contributed by atoms with Gasteiger partial charge in [0.15, 0.2) is 0 Å². The molecule has 2 unspecified atom stereocenters. The molecule has 1 aliphatic heterocycles. The summed E-state index contributed by atoms with van der Waals surface area (Å²) < 4.78 is 7.83. The lowest BCUT2D eigenvalue weighted by Gasteiger charge is -2.01. The molecule has 4 nitrogen and oxygen atoms in total. The van der Waals surface area contributed by atoms with E-state index in [1.807, 2.05) is 7.05 Å². The van der Waals surface area contributed by atoms with Crippen LogP contribution in [-0.4, -0.2) is 27.5 Å². The van der Waals surface area contributed by atoms with Crippen molar-refractivity contribution < 1.29 is 4.74 Å². The van der Waals surface area contributed by atoms with Crippen LogP contribution in [0.4, 0.5) is 0 Å². The van der Waals surface area contributed by atoms with Gasteiger partial charge in [0.25, 0.3) is 0 Å². The van der Waals surface area contributed by atoms with Crippen molar-refractivity contribution in [2.75, 3.05) is 6.61 Å². The summed E-state index contributed by atoms with van der Waals surface area (Å²) in [5.74, 6) is 1.34. The van der Waals surface area contributed by atoms with E-state index >= 15 is 0 Å². The minimum absolute atomic E-state index is 0.342. The maximum atomic E-state index is 5.47. The van der Waals surface area contributed by atoms with Crippen LogP contribution in [0.1, 0.15) is 25.1 Å². The smallest absolute Gasteiger partial charge is 0.215 e. The average molecular weight is 199 g/mol. The van der Waals surface area contributed by atoms with Crippen LogP contribution in [0.3, 0.4) is 0 Å². The lowest BCUT2D eigenvalue weighted by atomic mass is 10.1. The van der Waals surface area contributed by atoms with E-state index < -0.39 is 0 Å². The van der Waals surface area contributed by atoms with E-state index in [4.69, 9.17) is 17.0 Å². The second-order valence-electron chi connectivity index (χ2n) is 3.53. The van der Waals surface area contributed by atoms with Gasteiger partial charge in [-0.15, -0.1) is 0 Å². The second-order valence-corrected chi connectivity index (χ2v) is 3.89. The third kappa shape index (κ3) is 1.66. The average Bonchev–Trinajstić information content (AvgIpc) is 2.61. The van der Waals surface area contributed by atoms with Crippen molar-refractivity contribution in [2.45, 2.75) is 25.4 Å². The summed E-state index contributed by atoms with van der Waals surface area (Å²) in [5, 5.41) is 3.13. The number of ether oxygens (including phenoxy) is 1. The van der Waals surface area contributed by atoms with Crippen LogP contribution in [0.15, 0.2) is 0 Å². The molecule has 0 spiro atoms. The standard InChI is InChI=1S/C8H13N3OS/c1-5-3-6(4-12-5)7-9-8(13)11(2)10-7/h5-6H,3-4H2,1-2H3,(H,9,10,13). The molecule has 0 aromatic carbocycles. The maximum Gasteiger partial charge on any atom is 0.215 e. The summed E-state index contributed by atoms with van der Waals surface area (Å²) >= 11 is 5.02. The molecule has 1 N–H and O–H groups in total. The van der Waals surface area contributed by atoms with Gasteiger partial charge >= 0.3 is 0 Å². The summed E-state index contributed by atoms with van der Waals surface area (Å²) in [4.78, 5) is 4.27. The Bertz CT molecular complexity index is 357. The lowest BCUT2D eigenvalue weighted by Crippen LogP contribution is -2.01. The van der Waals surface area contributed by atoms with Crippen molar-refractivity contribution in [1.29, 1.82) is 0 Å². The van der Waals surface area contributed by atoms with E-state index in [2.05, 4.69) is 17.0 Å². The highest BCUT2D eigenvalue weighted by Crippen LogP contribution is 2.26. The van der Waals surface area contributed by atoms with Gasteiger partial charge in [0.1, 0.15) is 5.82 Å². The van der Waals surface area contributed by atoms with Crippen molar-refractivity contribution in [1.82, 2.24) is 14.8 Å². The summed E-state index contributed by atoms with van der Waals surface area (Å²) in [6.07, 6.45) is 1.37. The second kappa shape index (κ2) is 3.23. The molecule has 2 heterocycles. The van der Waals surface area contributed by atoms with Crippen molar-refractivity contribution in [2.24, 2.45) is 7.05 Å². The zero-order valence-electron chi connectivity index (χ0n) is 7.78. The Morgan fingerprint density at radius 2 is 2.46 bits per heavy atom. The first-order chi connectivity index (χ1) is 6.16. The molecule has 1 aromatic heterocycles. The number of aromatic amines is 1. The SMILES string of the molecule is CC1CC(c2nc(=S)n(C)[nH]2)CO1. The Kier molecular flexibility index (Phi) is 2.21. The highest BCUT2D eigenvalue weighted by Gasteiger charge is 2.25. The highest BCUT2D eigenvalue weighted by atomic mass is 32.1. The molecule has 0 saturated carbocycles. The minimum Gasteiger partial charge on any atom is -0.378 e. The van der Waals surface area contributed by atoms with Crippen LogP contribution in [0, 0.1) is 4.77 Å². The molecule has 0 radical (unpaired) electrons. The first-order valence-electron chi connectivity index (χ1n) is 4.41. The van der Waals surface area contributed by atoms with E-state index in [0.717, 1.165) is 18.9 Å². The lowest BCUT2D eigenvalue weighted by molar-refractivity contribution is 0.123. The van der Waals surface area contributed by atoms with E-state index in [-0.39, 0.29) is 0 Å². The molecule has 72 valence electrons. The molecule has 5 heteroatoms. The van der Waals surface area contributed by atoms with Gasteiger partial charge in [0.2, 0.25) is 4.77 Å². The van der Waals surface area contributed by atoms with Crippen LogP contribution in [0.25, 0.3) is 0 Å². The van der Waals surface area contributed by atoms with Crippen LogP contribution >= 0.6 is 12.2 Å². The van der Waals surface area contributed by atoms with E-state index in [1.165, 1.54) is 0 Å². The normalized spacial score (nSPS) is 28.2. The van der Waals surface area contributed by atoms with Crippen LogP contribution < -0.4 is 0 Å². The highest BCUT2D eigenvalue weighted by molar-refractivity contribution is 7.71. The number of nitrogens with one attached hydrogen (secondary N) is 1. The van der Waals surface area contributed by atoms with Crippen molar-refractivity contribution >= 4 is 12.2 Å². The van der Waals surface area contributed by atoms with Gasteiger partial charge in [-0.05, 0) is 25.6 Å². The Balaban J connectivity index is 2.21. The minimum atomic E-state index is 0.342. The zero-order chi connectivity index (χ0) is 9.42. The quantitative estimate of drug-likeness (QED) is 0.695. The summed E-state index contributed by atoms with van der Waals surface area (Å²) in [6, 6.07) is 0. The van der Waals surface area contributed by atoms with Gasteiger partial charge < -0.3 is 4.74 Å². The Morgan fingerprint density at radius 1 is 1.69 bits per heavy atom. The molecule has 1 saturated heterocycles. The summed E-state index contributed by atoms with van der Waals surface area (Å²) in [5.41, 5.74) is 0. The molecule has 1 aromatic rings. The Hall–Kier alpha value is -0.680. The Labute approximate surface area is 81.9 Å². The molecule has 0 bridgehead atoms. The number of hydrogen-bond donors (Lipinski definition) is 1. The number of aromatic nitrogens is 3. The van der Waals surface area contributed by atoms with Crippen LogP contribution in [0.5, 0.6) is 0 Å². The van der Waals surface area contributed by atoms with Gasteiger partial charge in [-0.25, -0.2) is 4.98 Å². The van der Waals surface area contributed by atoms with E-state index in [0.29, 0.717) is 16.8 Å². The third-order valence-electron chi connectivity index (χ3n) is 2.37. The number of hydrogen-bond acceptors (Lipinski definition) is 3. The fraction of sp³-hybridized carbons (Fsp3) is 0.750. The van der Waals surface area contributed by atoms with Gasteiger partial charge in [-0.1, -0.05) is 0 Å². The monoisotopic (exact) mass is 199 g/mol. The molecular formula is C8H13N3OS. The number of rotatable bonds is 1. The molecule has 2 atom stereocenters. The molecule has 0 amide bonds. The molecular weight excluding hydrogens is 186 g/mol. The predicted octanol–water partition coefficient (Wildman–Crippen LogP) is 1.37. The molecule has 2 rings (SSSR count). The predicted molar refractivity (Wildman–Crippen MR) is 51.2 cm³/mol. The topological polar surface area (TPSA) is 42.8 Å². The molecule has 0 aliphatic carbocycles. The first kappa shape index (κ1) is 8.90. The van der Waals surface area contributed by atoms with Gasteiger partial charge in [-0.3, -0.25) is 9.78 Å². The molecule has 13 heavy (non-hydrogen) atoms. The fourth-order valence-corrected chi connectivity index (χ4v) is 1.76. The summed E-state index contributed by atoms with van der Waals surface area (Å²) in [7, 11) is 1.87. The van der Waals surface area contributed by atoms with Gasteiger partial charge in [0, 0.05) is 13.0 Å². The van der Waals surface area contributed by atoms with Crippen LogP contribution in [-0.2, 0) is 11.8 Å². The number of nitrogens with zero attached hydrogens (tertiary/aromatic N) is 2. The zero-order valence-corrected chi connectivity index (χ0v) is 8.60. The van der Waals surface area contributed by atoms with E-state index in [9.17, 15) is 0 Å². The van der Waals surface area contributed by atoms with Crippen molar-refractivity contribution in [3.8, 4) is 0 Å².